The first-order valence-corrected chi connectivity index (χ1v) is 23.1. The maximum Gasteiger partial charge on any atom is 0.408 e. The summed E-state index contributed by atoms with van der Waals surface area (Å²) in [6, 6.07) is 21.1. The van der Waals surface area contributed by atoms with Crippen LogP contribution in [0.2, 0.25) is 0 Å². The molecule has 0 saturated carbocycles. The molecule has 3 amide bonds. The summed E-state index contributed by atoms with van der Waals surface area (Å²) in [6.07, 6.45) is -3.21. The predicted octanol–water partition coefficient (Wildman–Crippen LogP) is 3.38. The van der Waals surface area contributed by atoms with Crippen molar-refractivity contribution in [1.82, 2.24) is 25.5 Å². The normalized spacial score (nSPS) is 18.0. The number of hydrogen-bond donors (Lipinski definition) is 6. The summed E-state index contributed by atoms with van der Waals surface area (Å²) in [7, 11) is 3.10. The lowest BCUT2D eigenvalue weighted by Crippen LogP contribution is -2.52. The molecule has 4 aromatic rings. The number of alkyl carbamates (subject to hydrolysis) is 1. The summed E-state index contributed by atoms with van der Waals surface area (Å²) in [4.78, 5) is 89.1. The number of carbonyl (C=O) groups is 4. The molecule has 0 bridgehead atoms. The van der Waals surface area contributed by atoms with Gasteiger partial charge in [-0.15, -0.1) is 0 Å². The molecular formula is C44H54N5O15PS. The third-order valence-electron chi connectivity index (χ3n) is 10.1. The van der Waals surface area contributed by atoms with E-state index in [2.05, 4.69) is 20.9 Å². The van der Waals surface area contributed by atoms with Gasteiger partial charge in [0.2, 0.25) is 11.8 Å². The highest BCUT2D eigenvalue weighted by molar-refractivity contribution is 8.07. The average Bonchev–Trinajstić information content (AvgIpc) is 3.66. The van der Waals surface area contributed by atoms with Crippen LogP contribution in [0.15, 0.2) is 94.6 Å². The SMILES string of the molecule is COc1ccc(C(OC[C@H]2O[C@@H](n3cc(C)c(=O)[nH]c3=O)C[C@@H]2OP(O)(=S)OCC(NC(=O)OC(C)(C)C)C(=O)NCC(=O)N[C@@H](C)C(=O)O)(c2ccccc2)c2ccc(OC)cc2)cc1. The van der Waals surface area contributed by atoms with Crippen molar-refractivity contribution in [3.8, 4) is 11.5 Å². The number of H-pyrrole nitrogens is 1. The third-order valence-corrected chi connectivity index (χ3v) is 11.7. The van der Waals surface area contributed by atoms with Gasteiger partial charge in [0.1, 0.15) is 47.1 Å². The number of benzene rings is 3. The first-order chi connectivity index (χ1) is 31.1. The highest BCUT2D eigenvalue weighted by Crippen LogP contribution is 2.49. The lowest BCUT2D eigenvalue weighted by atomic mass is 9.80. The van der Waals surface area contributed by atoms with Crippen molar-refractivity contribution in [2.24, 2.45) is 0 Å². The van der Waals surface area contributed by atoms with Crippen LogP contribution >= 0.6 is 6.72 Å². The van der Waals surface area contributed by atoms with Gasteiger partial charge in [-0.25, -0.2) is 9.59 Å². The zero-order valence-corrected chi connectivity index (χ0v) is 39.0. The molecule has 1 aliphatic heterocycles. The minimum Gasteiger partial charge on any atom is -0.497 e. The number of aliphatic carboxylic acids is 1. The Labute approximate surface area is 385 Å². The maximum atomic E-state index is 13.4. The molecule has 1 aliphatic rings. The van der Waals surface area contributed by atoms with E-state index in [-0.39, 0.29) is 18.6 Å². The van der Waals surface area contributed by atoms with Crippen LogP contribution in [0, 0.1) is 6.92 Å². The van der Waals surface area contributed by atoms with E-state index in [4.69, 9.17) is 49.6 Å². The summed E-state index contributed by atoms with van der Waals surface area (Å²) in [6.45, 7) is 1.33. The van der Waals surface area contributed by atoms with Crippen molar-refractivity contribution >= 4 is 42.4 Å². The predicted molar refractivity (Wildman–Crippen MR) is 242 cm³/mol. The number of nitrogens with one attached hydrogen (secondary N) is 4. The summed E-state index contributed by atoms with van der Waals surface area (Å²) < 4.78 is 42.7. The van der Waals surface area contributed by atoms with Crippen molar-refractivity contribution in [2.75, 3.05) is 34.0 Å². The van der Waals surface area contributed by atoms with Gasteiger partial charge in [0.05, 0.1) is 40.1 Å². The molecule has 1 saturated heterocycles. The van der Waals surface area contributed by atoms with Crippen LogP contribution in [-0.2, 0) is 55.0 Å². The van der Waals surface area contributed by atoms with Crippen molar-refractivity contribution in [2.45, 2.75) is 82.8 Å². The number of carboxylic acid groups (broad SMARTS) is 1. The molecule has 6 atom stereocenters. The van der Waals surface area contributed by atoms with Crippen molar-refractivity contribution < 1.29 is 61.9 Å². The van der Waals surface area contributed by atoms with Gasteiger partial charge in [-0.3, -0.25) is 28.7 Å². The molecule has 1 aromatic heterocycles. The van der Waals surface area contributed by atoms with Crippen molar-refractivity contribution in [3.05, 3.63) is 128 Å². The summed E-state index contributed by atoms with van der Waals surface area (Å²) >= 11 is 5.46. The number of carbonyl (C=O) groups excluding carboxylic acids is 3. The topological polar surface area (TPSA) is 264 Å². The molecule has 66 heavy (non-hydrogen) atoms. The van der Waals surface area contributed by atoms with E-state index in [1.54, 1.807) is 59.3 Å². The monoisotopic (exact) mass is 955 g/mol. The fourth-order valence-electron chi connectivity index (χ4n) is 6.86. The Hall–Kier alpha value is -5.93. The molecule has 2 unspecified atom stereocenters. The second kappa shape index (κ2) is 22.0. The molecule has 20 nitrogen and oxygen atoms in total. The summed E-state index contributed by atoms with van der Waals surface area (Å²) in [5, 5.41) is 15.9. The first-order valence-electron chi connectivity index (χ1n) is 20.6. The minimum absolute atomic E-state index is 0.130. The van der Waals surface area contributed by atoms with Crippen LogP contribution in [-0.4, -0.2) is 107 Å². The Morgan fingerprint density at radius 2 is 1.50 bits per heavy atom. The number of methoxy groups -OCH3 is 2. The maximum absolute atomic E-state index is 13.4. The van der Waals surface area contributed by atoms with E-state index in [0.717, 1.165) is 0 Å². The molecule has 2 heterocycles. The number of aromatic nitrogens is 2. The van der Waals surface area contributed by atoms with Gasteiger partial charge in [-0.05, 0) is 87.4 Å². The molecule has 22 heteroatoms. The molecule has 6 N–H and O–H groups in total. The third kappa shape index (κ3) is 13.3. The fraction of sp³-hybridized carbons (Fsp3) is 0.409. The van der Waals surface area contributed by atoms with Gasteiger partial charge >= 0.3 is 24.5 Å². The molecule has 0 aliphatic carbocycles. The lowest BCUT2D eigenvalue weighted by Gasteiger charge is -2.37. The molecule has 5 rings (SSSR count). The van der Waals surface area contributed by atoms with Crippen LogP contribution < -0.4 is 36.7 Å². The number of amides is 3. The van der Waals surface area contributed by atoms with Gasteiger partial charge in [0, 0.05) is 18.2 Å². The second-order valence-electron chi connectivity index (χ2n) is 16.1. The number of ether oxygens (including phenoxy) is 5. The Morgan fingerprint density at radius 1 is 0.924 bits per heavy atom. The van der Waals surface area contributed by atoms with Gasteiger partial charge < -0.3 is 58.7 Å². The fourth-order valence-corrected chi connectivity index (χ4v) is 8.34. The molecule has 3 aromatic carbocycles. The van der Waals surface area contributed by atoms with E-state index < -0.39 is 96.7 Å². The van der Waals surface area contributed by atoms with Crippen LogP contribution in [0.3, 0.4) is 0 Å². The Morgan fingerprint density at radius 3 is 2.05 bits per heavy atom. The standard InChI is InChI=1S/C44H54N5O15PS/c1-26-23-49(41(55)48-38(26)51)37-21-34(64-65(57,66)61-24-33(47-42(56)63-43(3,4)5)39(52)45-22-36(50)46-27(2)40(53)54)35(62-37)25-60-44(28-11-9-8-10-12-28,29-13-17-31(58-6)18-14-29)30-15-19-32(59-7)20-16-30/h8-20,23,27,33-35,37H,21-22,24-25H2,1-7H3,(H,45,52)(H,46,50)(H,47,56)(H,53,54)(H,57,66)(H,48,51,55)/t27-,33?,34-,35+,37+,65?/m0/s1. The van der Waals surface area contributed by atoms with Gasteiger partial charge in [-0.2, -0.15) is 0 Å². The number of rotatable bonds is 20. The molecule has 0 spiro atoms. The van der Waals surface area contributed by atoms with Gasteiger partial charge in [0.15, 0.2) is 0 Å². The van der Waals surface area contributed by atoms with Gasteiger partial charge in [-0.1, -0.05) is 54.6 Å². The largest absolute Gasteiger partial charge is 0.497 e. The molecule has 356 valence electrons. The Bertz CT molecular complexity index is 2450. The van der Waals surface area contributed by atoms with E-state index in [0.29, 0.717) is 28.2 Å². The first kappa shape index (κ1) is 51.1. The average molecular weight is 956 g/mol. The van der Waals surface area contributed by atoms with Crippen molar-refractivity contribution in [3.63, 3.8) is 0 Å². The van der Waals surface area contributed by atoms with Crippen LogP contribution in [0.5, 0.6) is 11.5 Å². The number of aromatic amines is 1. The molecular weight excluding hydrogens is 902 g/mol. The second-order valence-corrected chi connectivity index (χ2v) is 18.9. The minimum atomic E-state index is -4.42. The highest BCUT2D eigenvalue weighted by atomic mass is 32.5. The Balaban J connectivity index is 1.47. The van der Waals surface area contributed by atoms with Crippen molar-refractivity contribution in [1.29, 1.82) is 0 Å². The molecule has 1 fully saturated rings. The number of nitrogens with zero attached hydrogens (tertiary/aromatic N) is 1. The number of hydrogen-bond acceptors (Lipinski definition) is 14. The van der Waals surface area contributed by atoms with Crippen LogP contribution in [0.4, 0.5) is 4.79 Å². The Kier molecular flexibility index (Phi) is 17.0. The lowest BCUT2D eigenvalue weighted by molar-refractivity contribution is -0.141. The van der Waals surface area contributed by atoms with Crippen LogP contribution in [0.25, 0.3) is 0 Å². The quantitative estimate of drug-likeness (QED) is 0.0548. The summed E-state index contributed by atoms with van der Waals surface area (Å²) in [5.74, 6) is -1.94. The van der Waals surface area contributed by atoms with E-state index in [9.17, 15) is 33.7 Å². The highest BCUT2D eigenvalue weighted by Gasteiger charge is 2.45. The smallest absolute Gasteiger partial charge is 0.408 e. The summed E-state index contributed by atoms with van der Waals surface area (Å²) in [5.41, 5.74) is -1.41. The molecule has 0 radical (unpaired) electrons. The van der Waals surface area contributed by atoms with E-state index >= 15 is 0 Å². The number of carboxylic acids is 1. The zero-order valence-electron chi connectivity index (χ0n) is 37.3. The zero-order chi connectivity index (χ0) is 48.4. The van der Waals surface area contributed by atoms with Gasteiger partial charge in [0.25, 0.3) is 5.56 Å². The number of aryl methyl sites for hydroxylation is 1. The van der Waals surface area contributed by atoms with E-state index in [1.165, 1.54) is 24.6 Å². The van der Waals surface area contributed by atoms with E-state index in [1.807, 2.05) is 54.6 Å². The van der Waals surface area contributed by atoms with Crippen LogP contribution in [0.1, 0.15) is 62.6 Å².